The molecule has 2 N–H and O–H groups in total. The molecule has 0 aliphatic rings. The van der Waals surface area contributed by atoms with E-state index in [4.69, 9.17) is 4.74 Å². The second-order valence-corrected chi connectivity index (χ2v) is 6.83. The van der Waals surface area contributed by atoms with E-state index in [2.05, 4.69) is 20.8 Å². The van der Waals surface area contributed by atoms with Crippen molar-refractivity contribution in [1.82, 2.24) is 14.6 Å². The molecule has 0 spiro atoms. The van der Waals surface area contributed by atoms with E-state index in [1.54, 1.807) is 41.8 Å². The van der Waals surface area contributed by atoms with Crippen molar-refractivity contribution in [1.29, 1.82) is 0 Å². The van der Waals surface area contributed by atoms with Crippen LogP contribution in [0, 0.1) is 6.92 Å². The van der Waals surface area contributed by atoms with E-state index in [9.17, 15) is 9.59 Å². The molecule has 0 radical (unpaired) electrons. The van der Waals surface area contributed by atoms with Crippen molar-refractivity contribution in [3.63, 3.8) is 0 Å². The van der Waals surface area contributed by atoms with Gasteiger partial charge in [0.25, 0.3) is 0 Å². The molecule has 4 rings (SSSR count). The lowest BCUT2D eigenvalue weighted by Crippen LogP contribution is -2.19. The minimum atomic E-state index is -0.439. The van der Waals surface area contributed by atoms with Crippen LogP contribution in [0.25, 0.3) is 17.0 Å². The van der Waals surface area contributed by atoms with Crippen LogP contribution in [0.15, 0.2) is 66.9 Å². The number of ether oxygens (including phenoxy) is 1. The Hall–Kier alpha value is -4.20. The van der Waals surface area contributed by atoms with Gasteiger partial charge >= 0.3 is 12.0 Å². The number of hydrogen-bond acceptors (Lipinski definition) is 5. The van der Waals surface area contributed by atoms with Crippen LogP contribution in [0.1, 0.15) is 22.8 Å². The Kier molecular flexibility index (Phi) is 5.61. The van der Waals surface area contributed by atoms with E-state index >= 15 is 0 Å². The molecule has 0 saturated heterocycles. The van der Waals surface area contributed by atoms with Crippen molar-refractivity contribution >= 4 is 29.0 Å². The Morgan fingerprint density at radius 1 is 0.968 bits per heavy atom. The lowest BCUT2D eigenvalue weighted by molar-refractivity contribution is 0.0528. The molecule has 31 heavy (non-hydrogen) atoms. The van der Waals surface area contributed by atoms with Gasteiger partial charge in [0.15, 0.2) is 11.5 Å². The standard InChI is InChI=1S/C23H21N5O3/c1-3-31-22(29)18-8-6-14-28-20(26-27-21(18)28)16-10-12-17(13-11-16)24-23(30)25-19-9-5-4-7-15(19)2/h4-14H,3H2,1-2H3,(H2,24,25,30). The van der Waals surface area contributed by atoms with Gasteiger partial charge in [-0.05, 0) is 61.9 Å². The summed E-state index contributed by atoms with van der Waals surface area (Å²) >= 11 is 0. The minimum absolute atomic E-state index is 0.284. The monoisotopic (exact) mass is 415 g/mol. The third-order valence-electron chi connectivity index (χ3n) is 4.72. The molecule has 2 amide bonds. The highest BCUT2D eigenvalue weighted by atomic mass is 16.5. The summed E-state index contributed by atoms with van der Waals surface area (Å²) in [5, 5.41) is 14.0. The number of pyridine rings is 1. The van der Waals surface area contributed by atoms with E-state index in [-0.39, 0.29) is 12.6 Å². The second-order valence-electron chi connectivity index (χ2n) is 6.83. The number of rotatable bonds is 5. The van der Waals surface area contributed by atoms with Crippen LogP contribution in [0.5, 0.6) is 0 Å². The molecule has 0 saturated carbocycles. The van der Waals surface area contributed by atoms with Crippen LogP contribution < -0.4 is 10.6 Å². The SMILES string of the molecule is CCOC(=O)c1cccn2c(-c3ccc(NC(=O)Nc4ccccc4C)cc3)nnc12. The van der Waals surface area contributed by atoms with Crippen molar-refractivity contribution in [2.24, 2.45) is 0 Å². The zero-order chi connectivity index (χ0) is 21.8. The number of urea groups is 1. The number of nitrogens with zero attached hydrogens (tertiary/aromatic N) is 3. The molecule has 8 nitrogen and oxygen atoms in total. The number of anilines is 2. The summed E-state index contributed by atoms with van der Waals surface area (Å²) < 4.78 is 6.82. The lowest BCUT2D eigenvalue weighted by atomic mass is 10.2. The predicted octanol–water partition coefficient (Wildman–Crippen LogP) is 4.53. The average molecular weight is 415 g/mol. The first-order valence-electron chi connectivity index (χ1n) is 9.81. The van der Waals surface area contributed by atoms with Gasteiger partial charge in [0.2, 0.25) is 0 Å². The summed E-state index contributed by atoms with van der Waals surface area (Å²) in [4.78, 5) is 24.4. The molecule has 8 heteroatoms. The van der Waals surface area contributed by atoms with E-state index in [0.29, 0.717) is 22.7 Å². The topological polar surface area (TPSA) is 97.6 Å². The lowest BCUT2D eigenvalue weighted by Gasteiger charge is -2.10. The fourth-order valence-electron chi connectivity index (χ4n) is 3.18. The van der Waals surface area contributed by atoms with Crippen LogP contribution in [-0.4, -0.2) is 33.2 Å². The molecule has 2 heterocycles. The highest BCUT2D eigenvalue weighted by molar-refractivity contribution is 6.00. The third kappa shape index (κ3) is 4.23. The number of para-hydroxylation sites is 1. The smallest absolute Gasteiger partial charge is 0.341 e. The highest BCUT2D eigenvalue weighted by Crippen LogP contribution is 2.22. The fraction of sp³-hybridized carbons (Fsp3) is 0.130. The van der Waals surface area contributed by atoms with Gasteiger partial charge in [-0.15, -0.1) is 10.2 Å². The summed E-state index contributed by atoms with van der Waals surface area (Å²) in [6, 6.07) is 17.9. The Morgan fingerprint density at radius 3 is 2.48 bits per heavy atom. The molecule has 0 fully saturated rings. The van der Waals surface area contributed by atoms with Gasteiger partial charge in [0, 0.05) is 23.1 Å². The van der Waals surface area contributed by atoms with Gasteiger partial charge in [0.1, 0.15) is 5.56 Å². The number of amides is 2. The Bertz CT molecular complexity index is 1250. The number of carbonyl (C=O) groups excluding carboxylic acids is 2. The van der Waals surface area contributed by atoms with Crippen molar-refractivity contribution in [2.45, 2.75) is 13.8 Å². The number of fused-ring (bicyclic) bond motifs is 1. The van der Waals surface area contributed by atoms with E-state index in [0.717, 1.165) is 16.8 Å². The number of carbonyl (C=O) groups is 2. The second kappa shape index (κ2) is 8.66. The maximum atomic E-state index is 12.3. The molecule has 2 aromatic carbocycles. The van der Waals surface area contributed by atoms with Gasteiger partial charge in [-0.2, -0.15) is 0 Å². The first-order valence-corrected chi connectivity index (χ1v) is 9.81. The number of nitrogens with one attached hydrogen (secondary N) is 2. The van der Waals surface area contributed by atoms with Crippen LogP contribution in [0.2, 0.25) is 0 Å². The first-order chi connectivity index (χ1) is 15.1. The van der Waals surface area contributed by atoms with Crippen molar-refractivity contribution in [3.8, 4) is 11.4 Å². The summed E-state index contributed by atoms with van der Waals surface area (Å²) in [6.07, 6.45) is 1.79. The molecule has 0 atom stereocenters. The van der Waals surface area contributed by atoms with E-state index < -0.39 is 5.97 Å². The molecule has 156 valence electrons. The third-order valence-corrected chi connectivity index (χ3v) is 4.72. The average Bonchev–Trinajstić information content (AvgIpc) is 3.20. The molecule has 0 bridgehead atoms. The van der Waals surface area contributed by atoms with Crippen molar-refractivity contribution in [3.05, 3.63) is 78.0 Å². The summed E-state index contributed by atoms with van der Waals surface area (Å²) in [6.45, 7) is 3.97. The van der Waals surface area contributed by atoms with Crippen molar-refractivity contribution in [2.75, 3.05) is 17.2 Å². The van der Waals surface area contributed by atoms with Crippen LogP contribution >= 0.6 is 0 Å². The zero-order valence-corrected chi connectivity index (χ0v) is 17.1. The molecule has 4 aromatic rings. The van der Waals surface area contributed by atoms with Crippen LogP contribution in [0.4, 0.5) is 16.2 Å². The molecule has 0 aliphatic carbocycles. The molecule has 0 aliphatic heterocycles. The largest absolute Gasteiger partial charge is 0.462 e. The normalized spacial score (nSPS) is 10.6. The summed E-state index contributed by atoms with van der Waals surface area (Å²) in [5.41, 5.74) is 3.94. The maximum absolute atomic E-state index is 12.3. The first kappa shape index (κ1) is 20.1. The zero-order valence-electron chi connectivity index (χ0n) is 17.1. The molecule has 2 aromatic heterocycles. The van der Waals surface area contributed by atoms with Gasteiger partial charge in [-0.25, -0.2) is 9.59 Å². The number of esters is 1. The van der Waals surface area contributed by atoms with Crippen LogP contribution in [0.3, 0.4) is 0 Å². The van der Waals surface area contributed by atoms with Crippen LogP contribution in [-0.2, 0) is 4.74 Å². The van der Waals surface area contributed by atoms with Crippen molar-refractivity contribution < 1.29 is 14.3 Å². The maximum Gasteiger partial charge on any atom is 0.341 e. The van der Waals surface area contributed by atoms with Gasteiger partial charge in [-0.3, -0.25) is 4.40 Å². The van der Waals surface area contributed by atoms with Gasteiger partial charge < -0.3 is 15.4 Å². The highest BCUT2D eigenvalue weighted by Gasteiger charge is 2.16. The molecular formula is C23H21N5O3. The number of hydrogen-bond donors (Lipinski definition) is 2. The summed E-state index contributed by atoms with van der Waals surface area (Å²) in [5.74, 6) is 0.142. The quantitative estimate of drug-likeness (QED) is 0.467. The van der Waals surface area contributed by atoms with Gasteiger partial charge in [0.05, 0.1) is 6.61 Å². The number of aryl methyl sites for hydroxylation is 1. The van der Waals surface area contributed by atoms with Gasteiger partial charge in [-0.1, -0.05) is 18.2 Å². The molecule has 0 unspecified atom stereocenters. The number of aromatic nitrogens is 3. The number of benzene rings is 2. The Labute approximate surface area is 178 Å². The Balaban J connectivity index is 1.52. The summed E-state index contributed by atoms with van der Waals surface area (Å²) in [7, 11) is 0. The molecular weight excluding hydrogens is 394 g/mol. The van der Waals surface area contributed by atoms with E-state index in [1.807, 2.05) is 43.3 Å². The Morgan fingerprint density at radius 2 is 1.74 bits per heavy atom. The minimum Gasteiger partial charge on any atom is -0.462 e. The predicted molar refractivity (Wildman–Crippen MR) is 118 cm³/mol. The fourth-order valence-corrected chi connectivity index (χ4v) is 3.18. The van der Waals surface area contributed by atoms with E-state index in [1.165, 1.54) is 0 Å².